The van der Waals surface area contributed by atoms with Gasteiger partial charge in [0, 0.05) is 17.8 Å². The Morgan fingerprint density at radius 1 is 1.00 bits per heavy atom. The molecule has 1 amide bonds. The van der Waals surface area contributed by atoms with Crippen LogP contribution >= 0.6 is 0 Å². The molecule has 2 unspecified atom stereocenters. The van der Waals surface area contributed by atoms with Crippen molar-refractivity contribution in [3.05, 3.63) is 0 Å². The minimum absolute atomic E-state index is 0.0205. The van der Waals surface area contributed by atoms with Crippen LogP contribution in [0.2, 0.25) is 0 Å². The molecule has 5 nitrogen and oxygen atoms in total. The number of hydrogen-bond donors (Lipinski definition) is 1. The lowest BCUT2D eigenvalue weighted by Crippen LogP contribution is -2.42. The zero-order valence-electron chi connectivity index (χ0n) is 11.6. The van der Waals surface area contributed by atoms with Crippen molar-refractivity contribution in [1.82, 2.24) is 5.32 Å². The van der Waals surface area contributed by atoms with Gasteiger partial charge in [-0.1, -0.05) is 0 Å². The number of Topliss-reactive ketones (excluding diaryl/α,β-unsaturated/α-hetero) is 2. The molecule has 1 saturated carbocycles. The Kier molecular flexibility index (Phi) is 5.39. The standard InChI is InChI=1S/C14H21NO4/c1-8(7-16)15-14(19)13-5-11(9(2)17)4-12(6-13)10(3)18/h7-8,11-13H,4-6H2,1-3H3,(H,15,19)/t8?,11-,12+,13?. The Morgan fingerprint density at radius 2 is 1.42 bits per heavy atom. The quantitative estimate of drug-likeness (QED) is 0.750. The van der Waals surface area contributed by atoms with Crippen LogP contribution in [0.5, 0.6) is 0 Å². The van der Waals surface area contributed by atoms with E-state index in [9.17, 15) is 19.2 Å². The Balaban J connectivity index is 2.76. The molecule has 0 spiro atoms. The molecule has 1 aliphatic rings. The van der Waals surface area contributed by atoms with Crippen molar-refractivity contribution in [2.24, 2.45) is 17.8 Å². The van der Waals surface area contributed by atoms with Crippen molar-refractivity contribution in [2.75, 3.05) is 0 Å². The van der Waals surface area contributed by atoms with E-state index in [0.717, 1.165) is 0 Å². The Labute approximate surface area is 113 Å². The van der Waals surface area contributed by atoms with E-state index in [1.807, 2.05) is 0 Å². The fourth-order valence-corrected chi connectivity index (χ4v) is 2.57. The molecule has 0 aromatic rings. The molecule has 19 heavy (non-hydrogen) atoms. The molecular weight excluding hydrogens is 246 g/mol. The lowest BCUT2D eigenvalue weighted by Gasteiger charge is -2.32. The first kappa shape index (κ1) is 15.5. The van der Waals surface area contributed by atoms with Crippen LogP contribution in [0.1, 0.15) is 40.0 Å². The van der Waals surface area contributed by atoms with Crippen LogP contribution in [-0.4, -0.2) is 29.8 Å². The molecule has 0 saturated heterocycles. The van der Waals surface area contributed by atoms with E-state index in [-0.39, 0.29) is 35.2 Å². The number of aldehydes is 1. The second kappa shape index (κ2) is 6.59. The summed E-state index contributed by atoms with van der Waals surface area (Å²) in [5.41, 5.74) is 0. The average Bonchev–Trinajstić information content (AvgIpc) is 2.37. The third kappa shape index (κ3) is 4.26. The molecule has 1 rings (SSSR count). The van der Waals surface area contributed by atoms with Crippen LogP contribution in [-0.2, 0) is 19.2 Å². The monoisotopic (exact) mass is 267 g/mol. The summed E-state index contributed by atoms with van der Waals surface area (Å²) in [4.78, 5) is 45.6. The highest BCUT2D eigenvalue weighted by atomic mass is 16.2. The van der Waals surface area contributed by atoms with Gasteiger partial charge < -0.3 is 10.1 Å². The van der Waals surface area contributed by atoms with Crippen molar-refractivity contribution in [1.29, 1.82) is 0 Å². The third-order valence-electron chi connectivity index (χ3n) is 3.80. The van der Waals surface area contributed by atoms with Crippen molar-refractivity contribution >= 4 is 23.8 Å². The second-order valence-corrected chi connectivity index (χ2v) is 5.45. The first-order valence-corrected chi connectivity index (χ1v) is 6.61. The molecule has 0 aromatic heterocycles. The molecule has 0 aromatic carbocycles. The summed E-state index contributed by atoms with van der Waals surface area (Å²) in [6.45, 7) is 4.59. The fraction of sp³-hybridized carbons (Fsp3) is 0.714. The van der Waals surface area contributed by atoms with Gasteiger partial charge in [-0.05, 0) is 40.0 Å². The van der Waals surface area contributed by atoms with Crippen LogP contribution in [0.4, 0.5) is 0 Å². The van der Waals surface area contributed by atoms with Gasteiger partial charge in [-0.15, -0.1) is 0 Å². The molecule has 1 aliphatic carbocycles. The highest BCUT2D eigenvalue weighted by Crippen LogP contribution is 2.34. The average molecular weight is 267 g/mol. The largest absolute Gasteiger partial charge is 0.347 e. The van der Waals surface area contributed by atoms with Gasteiger partial charge in [0.1, 0.15) is 17.9 Å². The van der Waals surface area contributed by atoms with Gasteiger partial charge in [-0.2, -0.15) is 0 Å². The van der Waals surface area contributed by atoms with Crippen LogP contribution in [0.25, 0.3) is 0 Å². The fourth-order valence-electron chi connectivity index (χ4n) is 2.57. The van der Waals surface area contributed by atoms with Crippen LogP contribution in [0.3, 0.4) is 0 Å². The third-order valence-corrected chi connectivity index (χ3v) is 3.80. The SMILES string of the molecule is CC(=O)[C@@H]1CC(C(=O)NC(C)C=O)C[C@H](C(C)=O)C1. The van der Waals surface area contributed by atoms with E-state index in [4.69, 9.17) is 0 Å². The van der Waals surface area contributed by atoms with Crippen LogP contribution in [0, 0.1) is 17.8 Å². The van der Waals surface area contributed by atoms with Crippen molar-refractivity contribution in [2.45, 2.75) is 46.1 Å². The second-order valence-electron chi connectivity index (χ2n) is 5.45. The van der Waals surface area contributed by atoms with Crippen molar-refractivity contribution in [3.63, 3.8) is 0 Å². The van der Waals surface area contributed by atoms with Gasteiger partial charge in [0.2, 0.25) is 5.91 Å². The molecule has 1 N–H and O–H groups in total. The van der Waals surface area contributed by atoms with E-state index in [1.54, 1.807) is 6.92 Å². The Hall–Kier alpha value is -1.52. The van der Waals surface area contributed by atoms with Gasteiger partial charge in [-0.3, -0.25) is 14.4 Å². The maximum atomic E-state index is 12.0. The van der Waals surface area contributed by atoms with E-state index in [2.05, 4.69) is 5.32 Å². The smallest absolute Gasteiger partial charge is 0.223 e. The number of amides is 1. The maximum Gasteiger partial charge on any atom is 0.223 e. The number of carbonyl (C=O) groups is 4. The maximum absolute atomic E-state index is 12.0. The number of ketones is 2. The van der Waals surface area contributed by atoms with Gasteiger partial charge in [0.15, 0.2) is 0 Å². The minimum atomic E-state index is -0.541. The summed E-state index contributed by atoms with van der Waals surface area (Å²) in [5.74, 6) is -1.02. The van der Waals surface area contributed by atoms with E-state index in [0.29, 0.717) is 25.5 Å². The number of nitrogens with one attached hydrogen (secondary N) is 1. The number of rotatable bonds is 5. The van der Waals surface area contributed by atoms with E-state index in [1.165, 1.54) is 13.8 Å². The summed E-state index contributed by atoms with van der Waals surface area (Å²) in [6, 6.07) is -0.541. The Bertz CT molecular complexity index is 369. The zero-order chi connectivity index (χ0) is 14.6. The molecule has 106 valence electrons. The van der Waals surface area contributed by atoms with Crippen molar-refractivity contribution < 1.29 is 19.2 Å². The predicted octanol–water partition coefficient (Wildman–Crippen LogP) is 0.901. The molecular formula is C14H21NO4. The summed E-state index contributed by atoms with van der Waals surface area (Å²) in [6.07, 6.45) is 2.14. The summed E-state index contributed by atoms with van der Waals surface area (Å²) in [7, 11) is 0. The van der Waals surface area contributed by atoms with Crippen LogP contribution < -0.4 is 5.32 Å². The lowest BCUT2D eigenvalue weighted by molar-refractivity contribution is -0.133. The summed E-state index contributed by atoms with van der Waals surface area (Å²) >= 11 is 0. The molecule has 5 heteroatoms. The molecule has 0 aliphatic heterocycles. The van der Waals surface area contributed by atoms with E-state index >= 15 is 0 Å². The molecule has 4 atom stereocenters. The minimum Gasteiger partial charge on any atom is -0.347 e. The molecule has 0 heterocycles. The van der Waals surface area contributed by atoms with Gasteiger partial charge in [-0.25, -0.2) is 0 Å². The molecule has 1 fully saturated rings. The number of carbonyl (C=O) groups excluding carboxylic acids is 4. The highest BCUT2D eigenvalue weighted by molar-refractivity contribution is 5.86. The highest BCUT2D eigenvalue weighted by Gasteiger charge is 2.36. The van der Waals surface area contributed by atoms with Gasteiger partial charge >= 0.3 is 0 Å². The predicted molar refractivity (Wildman–Crippen MR) is 69.4 cm³/mol. The normalized spacial score (nSPS) is 28.3. The van der Waals surface area contributed by atoms with E-state index < -0.39 is 6.04 Å². The topological polar surface area (TPSA) is 80.3 Å². The van der Waals surface area contributed by atoms with Gasteiger partial charge in [0.05, 0.1) is 6.04 Å². The first-order valence-electron chi connectivity index (χ1n) is 6.61. The number of hydrogen-bond acceptors (Lipinski definition) is 4. The first-order chi connectivity index (χ1) is 8.85. The van der Waals surface area contributed by atoms with Crippen LogP contribution in [0.15, 0.2) is 0 Å². The van der Waals surface area contributed by atoms with Crippen molar-refractivity contribution in [3.8, 4) is 0 Å². The lowest BCUT2D eigenvalue weighted by atomic mass is 9.72. The zero-order valence-corrected chi connectivity index (χ0v) is 11.6. The molecule has 0 bridgehead atoms. The Morgan fingerprint density at radius 3 is 1.79 bits per heavy atom. The van der Waals surface area contributed by atoms with Gasteiger partial charge in [0.25, 0.3) is 0 Å². The molecule has 0 radical (unpaired) electrons. The summed E-state index contributed by atoms with van der Waals surface area (Å²) < 4.78 is 0. The summed E-state index contributed by atoms with van der Waals surface area (Å²) in [5, 5.41) is 2.59.